The number of benzene rings is 1. The van der Waals surface area contributed by atoms with Crippen LogP contribution in [0.3, 0.4) is 0 Å². The predicted molar refractivity (Wildman–Crippen MR) is 74.3 cm³/mol. The molecule has 4 nitrogen and oxygen atoms in total. The normalized spacial score (nSPS) is 12.9. The molecule has 1 aromatic rings. The van der Waals surface area contributed by atoms with Crippen molar-refractivity contribution in [3.05, 3.63) is 22.7 Å². The summed E-state index contributed by atoms with van der Waals surface area (Å²) in [7, 11) is 1.47. The minimum Gasteiger partial charge on any atom is -0.493 e. The van der Waals surface area contributed by atoms with E-state index in [0.717, 1.165) is 0 Å². The monoisotopic (exact) mass is 286 g/mol. The Bertz CT molecular complexity index is 451. The van der Waals surface area contributed by atoms with E-state index in [1.54, 1.807) is 0 Å². The smallest absolute Gasteiger partial charge is 0.179 e. The van der Waals surface area contributed by atoms with Crippen LogP contribution in [0.4, 0.5) is 0 Å². The third-order valence-corrected chi connectivity index (χ3v) is 3.05. The summed E-state index contributed by atoms with van der Waals surface area (Å²) in [5.41, 5.74) is 0.119. The van der Waals surface area contributed by atoms with Crippen LogP contribution in [0, 0.1) is 5.41 Å². The van der Waals surface area contributed by atoms with Gasteiger partial charge in [-0.15, -0.1) is 0 Å². The van der Waals surface area contributed by atoms with Gasteiger partial charge >= 0.3 is 0 Å². The molecule has 5 heteroatoms. The molecule has 0 amide bonds. The van der Waals surface area contributed by atoms with Gasteiger partial charge in [-0.2, -0.15) is 0 Å². The zero-order valence-corrected chi connectivity index (χ0v) is 12.3. The zero-order valence-electron chi connectivity index (χ0n) is 11.6. The predicted octanol–water partition coefficient (Wildman–Crippen LogP) is 2.95. The Kier molecular flexibility index (Phi) is 5.20. The Hall–Kier alpha value is -1.26. The lowest BCUT2D eigenvalue weighted by Crippen LogP contribution is -2.32. The molecule has 0 radical (unpaired) electrons. The van der Waals surface area contributed by atoms with Crippen LogP contribution in [0.15, 0.2) is 12.1 Å². The van der Waals surface area contributed by atoms with E-state index in [0.29, 0.717) is 23.3 Å². The second-order valence-electron chi connectivity index (χ2n) is 5.34. The molecule has 1 atom stereocenters. The van der Waals surface area contributed by atoms with Gasteiger partial charge < -0.3 is 14.6 Å². The van der Waals surface area contributed by atoms with Crippen LogP contribution in [0.2, 0.25) is 5.02 Å². The molecule has 0 heterocycles. The van der Waals surface area contributed by atoms with Gasteiger partial charge in [-0.1, -0.05) is 32.4 Å². The maximum Gasteiger partial charge on any atom is 0.179 e. The third kappa shape index (κ3) is 4.11. The van der Waals surface area contributed by atoms with Gasteiger partial charge in [-0.05, 0) is 17.5 Å². The quantitative estimate of drug-likeness (QED) is 0.846. The number of aliphatic hydroxyl groups is 1. The van der Waals surface area contributed by atoms with Crippen molar-refractivity contribution in [2.45, 2.75) is 26.9 Å². The first-order valence-corrected chi connectivity index (χ1v) is 6.31. The largest absolute Gasteiger partial charge is 0.493 e. The summed E-state index contributed by atoms with van der Waals surface area (Å²) < 4.78 is 10.7. The van der Waals surface area contributed by atoms with Gasteiger partial charge in [0.05, 0.1) is 18.2 Å². The van der Waals surface area contributed by atoms with Crippen molar-refractivity contribution in [2.24, 2.45) is 5.41 Å². The number of aliphatic hydroxyl groups excluding tert-OH is 1. The average molecular weight is 287 g/mol. The molecule has 0 saturated carbocycles. The van der Waals surface area contributed by atoms with Gasteiger partial charge in [0.15, 0.2) is 11.5 Å². The Morgan fingerprint density at radius 2 is 2.05 bits per heavy atom. The number of hydrogen-bond donors (Lipinski definition) is 1. The number of ether oxygens (including phenoxy) is 2. The van der Waals surface area contributed by atoms with E-state index in [1.807, 2.05) is 20.8 Å². The molecule has 1 aromatic carbocycles. The van der Waals surface area contributed by atoms with Gasteiger partial charge in [-0.3, -0.25) is 4.79 Å². The Morgan fingerprint density at radius 1 is 1.42 bits per heavy atom. The van der Waals surface area contributed by atoms with E-state index >= 15 is 0 Å². The molecule has 0 saturated heterocycles. The molecule has 0 bridgehead atoms. The molecule has 1 unspecified atom stereocenters. The fraction of sp³-hybridized carbons (Fsp3) is 0.500. The minimum absolute atomic E-state index is 0.0972. The Labute approximate surface area is 118 Å². The summed E-state index contributed by atoms with van der Waals surface area (Å²) >= 11 is 6.04. The standard InChI is InChI=1S/C14H19ClO4/c1-14(2,3)12(17)8-19-13-10(15)5-9(7-16)6-11(13)18-4/h5-7,12,17H,8H2,1-4H3. The molecular weight excluding hydrogens is 268 g/mol. The Morgan fingerprint density at radius 3 is 2.53 bits per heavy atom. The first kappa shape index (κ1) is 15.8. The molecule has 106 valence electrons. The van der Waals surface area contributed by atoms with Crippen molar-refractivity contribution in [1.29, 1.82) is 0 Å². The number of methoxy groups -OCH3 is 1. The van der Waals surface area contributed by atoms with Gasteiger partial charge in [0.2, 0.25) is 0 Å². The van der Waals surface area contributed by atoms with Crippen molar-refractivity contribution in [1.82, 2.24) is 0 Å². The molecule has 1 rings (SSSR count). The number of rotatable bonds is 5. The molecule has 19 heavy (non-hydrogen) atoms. The second kappa shape index (κ2) is 6.26. The molecule has 1 N–H and O–H groups in total. The Balaban J connectivity index is 2.92. The number of hydrogen-bond acceptors (Lipinski definition) is 4. The van der Waals surface area contributed by atoms with E-state index in [4.69, 9.17) is 21.1 Å². The maximum absolute atomic E-state index is 10.7. The molecular formula is C14H19ClO4. The van der Waals surface area contributed by atoms with Crippen molar-refractivity contribution < 1.29 is 19.4 Å². The second-order valence-corrected chi connectivity index (χ2v) is 5.75. The fourth-order valence-electron chi connectivity index (χ4n) is 1.36. The summed E-state index contributed by atoms with van der Waals surface area (Å²) in [5, 5.41) is 10.2. The summed E-state index contributed by atoms with van der Waals surface area (Å²) in [6.07, 6.45) is 0.0429. The molecule has 0 aliphatic heterocycles. The van der Waals surface area contributed by atoms with Crippen LogP contribution in [-0.4, -0.2) is 31.2 Å². The van der Waals surface area contributed by atoms with E-state index in [1.165, 1.54) is 19.2 Å². The van der Waals surface area contributed by atoms with E-state index < -0.39 is 6.10 Å². The summed E-state index contributed by atoms with van der Waals surface area (Å²) in [5.74, 6) is 0.703. The molecule has 0 aliphatic carbocycles. The highest BCUT2D eigenvalue weighted by Gasteiger charge is 2.23. The lowest BCUT2D eigenvalue weighted by Gasteiger charge is -2.26. The van der Waals surface area contributed by atoms with Crippen LogP contribution in [0.1, 0.15) is 31.1 Å². The fourth-order valence-corrected chi connectivity index (χ4v) is 1.63. The van der Waals surface area contributed by atoms with Crippen LogP contribution in [0.25, 0.3) is 0 Å². The third-order valence-electron chi connectivity index (χ3n) is 2.77. The van der Waals surface area contributed by atoms with E-state index in [-0.39, 0.29) is 17.0 Å². The van der Waals surface area contributed by atoms with Gasteiger partial charge in [0.1, 0.15) is 12.9 Å². The minimum atomic E-state index is -0.640. The highest BCUT2D eigenvalue weighted by atomic mass is 35.5. The van der Waals surface area contributed by atoms with Crippen LogP contribution >= 0.6 is 11.6 Å². The summed E-state index contributed by atoms with van der Waals surface area (Å²) in [4.78, 5) is 10.7. The maximum atomic E-state index is 10.7. The lowest BCUT2D eigenvalue weighted by atomic mass is 9.90. The van der Waals surface area contributed by atoms with Crippen LogP contribution < -0.4 is 9.47 Å². The summed E-state index contributed by atoms with van der Waals surface area (Å²) in [6, 6.07) is 3.04. The topological polar surface area (TPSA) is 55.8 Å². The molecule has 0 aromatic heterocycles. The highest BCUT2D eigenvalue weighted by Crippen LogP contribution is 2.36. The van der Waals surface area contributed by atoms with Crippen molar-refractivity contribution in [3.63, 3.8) is 0 Å². The van der Waals surface area contributed by atoms with Crippen molar-refractivity contribution in [3.8, 4) is 11.5 Å². The van der Waals surface area contributed by atoms with Gasteiger partial charge in [-0.25, -0.2) is 0 Å². The van der Waals surface area contributed by atoms with Gasteiger partial charge in [0, 0.05) is 5.56 Å². The first-order chi connectivity index (χ1) is 8.79. The molecule has 0 spiro atoms. The number of halogens is 1. The highest BCUT2D eigenvalue weighted by molar-refractivity contribution is 6.32. The zero-order chi connectivity index (χ0) is 14.6. The number of carbonyl (C=O) groups excluding carboxylic acids is 1. The van der Waals surface area contributed by atoms with Crippen molar-refractivity contribution >= 4 is 17.9 Å². The van der Waals surface area contributed by atoms with E-state index in [2.05, 4.69) is 0 Å². The average Bonchev–Trinajstić information content (AvgIpc) is 2.34. The summed E-state index contributed by atoms with van der Waals surface area (Å²) in [6.45, 7) is 5.83. The SMILES string of the molecule is COc1cc(C=O)cc(Cl)c1OCC(O)C(C)(C)C. The van der Waals surface area contributed by atoms with Gasteiger partial charge in [0.25, 0.3) is 0 Å². The number of carbonyl (C=O) groups is 1. The van der Waals surface area contributed by atoms with Crippen LogP contribution in [-0.2, 0) is 0 Å². The molecule has 0 aliphatic rings. The van der Waals surface area contributed by atoms with E-state index in [9.17, 15) is 9.90 Å². The first-order valence-electron chi connectivity index (χ1n) is 5.93. The van der Waals surface area contributed by atoms with Crippen LogP contribution in [0.5, 0.6) is 11.5 Å². The lowest BCUT2D eigenvalue weighted by molar-refractivity contribution is 0.0211. The number of aldehydes is 1. The molecule has 0 fully saturated rings. The van der Waals surface area contributed by atoms with Crippen molar-refractivity contribution in [2.75, 3.05) is 13.7 Å².